The number of aromatic amines is 1. The number of nitrogens with zero attached hydrogens (tertiary/aromatic N) is 3. The minimum Gasteiger partial charge on any atom is -0.467 e. The van der Waals surface area contributed by atoms with E-state index < -0.39 is 0 Å². The number of carbonyl (C=O) groups excluding carboxylic acids is 1. The Morgan fingerprint density at radius 1 is 1.15 bits per heavy atom. The van der Waals surface area contributed by atoms with Gasteiger partial charge in [-0.2, -0.15) is 0 Å². The van der Waals surface area contributed by atoms with Crippen LogP contribution in [0.2, 0.25) is 5.02 Å². The SMILES string of the molecule is O=C(CSc1nnc(-c2ccc(Cl)cc2)n1Cc1ccco1)c1ccc[nH]1. The van der Waals surface area contributed by atoms with E-state index in [2.05, 4.69) is 15.2 Å². The van der Waals surface area contributed by atoms with Gasteiger partial charge in [0.05, 0.1) is 24.3 Å². The summed E-state index contributed by atoms with van der Waals surface area (Å²) >= 11 is 7.34. The van der Waals surface area contributed by atoms with E-state index in [9.17, 15) is 4.79 Å². The number of hydrogen-bond donors (Lipinski definition) is 1. The van der Waals surface area contributed by atoms with Crippen molar-refractivity contribution < 1.29 is 9.21 Å². The maximum absolute atomic E-state index is 12.3. The lowest BCUT2D eigenvalue weighted by atomic mass is 10.2. The van der Waals surface area contributed by atoms with Crippen LogP contribution in [0.4, 0.5) is 0 Å². The molecule has 0 aliphatic heterocycles. The Morgan fingerprint density at radius 3 is 2.70 bits per heavy atom. The topological polar surface area (TPSA) is 76.7 Å². The molecule has 27 heavy (non-hydrogen) atoms. The molecule has 6 nitrogen and oxygen atoms in total. The molecule has 3 heterocycles. The van der Waals surface area contributed by atoms with Crippen LogP contribution in [0.25, 0.3) is 11.4 Å². The van der Waals surface area contributed by atoms with E-state index in [0.717, 1.165) is 11.3 Å². The second kappa shape index (κ2) is 7.85. The fourth-order valence-corrected chi connectivity index (χ4v) is 3.57. The van der Waals surface area contributed by atoms with Crippen LogP contribution in [0.5, 0.6) is 0 Å². The lowest BCUT2D eigenvalue weighted by Crippen LogP contribution is -2.07. The molecule has 0 saturated carbocycles. The van der Waals surface area contributed by atoms with Gasteiger partial charge in [-0.3, -0.25) is 9.36 Å². The molecule has 4 aromatic rings. The molecular weight excluding hydrogens is 384 g/mol. The smallest absolute Gasteiger partial charge is 0.192 e. The highest BCUT2D eigenvalue weighted by Crippen LogP contribution is 2.26. The van der Waals surface area contributed by atoms with Gasteiger partial charge in [0, 0.05) is 16.8 Å². The van der Waals surface area contributed by atoms with Gasteiger partial charge in [0.2, 0.25) is 0 Å². The summed E-state index contributed by atoms with van der Waals surface area (Å²) < 4.78 is 7.42. The summed E-state index contributed by atoms with van der Waals surface area (Å²) in [6, 6.07) is 14.7. The molecular formula is C19H15ClN4O2S. The van der Waals surface area contributed by atoms with Gasteiger partial charge in [0.25, 0.3) is 0 Å². The highest BCUT2D eigenvalue weighted by atomic mass is 35.5. The van der Waals surface area contributed by atoms with Gasteiger partial charge in [0.15, 0.2) is 16.8 Å². The van der Waals surface area contributed by atoms with Gasteiger partial charge in [-0.15, -0.1) is 10.2 Å². The number of H-pyrrole nitrogens is 1. The monoisotopic (exact) mass is 398 g/mol. The number of Topliss-reactive ketones (excluding diaryl/α,β-unsaturated/α-hetero) is 1. The van der Waals surface area contributed by atoms with E-state index in [-0.39, 0.29) is 11.5 Å². The zero-order valence-corrected chi connectivity index (χ0v) is 15.7. The van der Waals surface area contributed by atoms with Crippen molar-refractivity contribution in [2.75, 3.05) is 5.75 Å². The van der Waals surface area contributed by atoms with Gasteiger partial charge in [0.1, 0.15) is 5.76 Å². The van der Waals surface area contributed by atoms with Crippen molar-refractivity contribution in [1.29, 1.82) is 0 Å². The molecule has 0 aliphatic rings. The Labute approximate surface area is 164 Å². The number of thioether (sulfide) groups is 1. The Kier molecular flexibility index (Phi) is 5.13. The molecule has 8 heteroatoms. The summed E-state index contributed by atoms with van der Waals surface area (Å²) in [7, 11) is 0. The number of nitrogens with one attached hydrogen (secondary N) is 1. The number of hydrogen-bond acceptors (Lipinski definition) is 5. The summed E-state index contributed by atoms with van der Waals surface area (Å²) in [4.78, 5) is 15.2. The molecule has 136 valence electrons. The van der Waals surface area contributed by atoms with Crippen LogP contribution < -0.4 is 0 Å². The fraction of sp³-hybridized carbons (Fsp3) is 0.105. The summed E-state index contributed by atoms with van der Waals surface area (Å²) in [5.74, 6) is 1.74. The van der Waals surface area contributed by atoms with Crippen molar-refractivity contribution in [3.05, 3.63) is 77.5 Å². The van der Waals surface area contributed by atoms with Crippen molar-refractivity contribution in [2.24, 2.45) is 0 Å². The average Bonchev–Trinajstić information content (AvgIpc) is 3.44. The third-order valence-corrected chi connectivity index (χ3v) is 5.16. The molecule has 1 N–H and O–H groups in total. The van der Waals surface area contributed by atoms with Crippen LogP contribution >= 0.6 is 23.4 Å². The average molecular weight is 399 g/mol. The van der Waals surface area contributed by atoms with Crippen LogP contribution in [-0.4, -0.2) is 31.3 Å². The summed E-state index contributed by atoms with van der Waals surface area (Å²) in [5.41, 5.74) is 1.47. The van der Waals surface area contributed by atoms with Gasteiger partial charge in [-0.25, -0.2) is 0 Å². The van der Waals surface area contributed by atoms with Crippen LogP contribution in [0.15, 0.2) is 70.6 Å². The number of rotatable bonds is 7. The Balaban J connectivity index is 1.62. The lowest BCUT2D eigenvalue weighted by Gasteiger charge is -2.08. The lowest BCUT2D eigenvalue weighted by molar-refractivity contribution is 0.101. The third kappa shape index (κ3) is 3.99. The van der Waals surface area contributed by atoms with E-state index in [0.29, 0.717) is 28.2 Å². The molecule has 0 atom stereocenters. The zero-order chi connectivity index (χ0) is 18.6. The standard InChI is InChI=1S/C19H15ClN4O2S/c20-14-7-5-13(6-8-14)18-22-23-19(24(18)11-15-3-2-10-26-15)27-12-17(25)16-4-1-9-21-16/h1-10,21H,11-12H2. The minimum atomic E-state index is 0.00518. The van der Waals surface area contributed by atoms with E-state index in [1.807, 2.05) is 41.0 Å². The summed E-state index contributed by atoms with van der Waals surface area (Å²) in [6.45, 7) is 0.469. The van der Waals surface area contributed by atoms with E-state index >= 15 is 0 Å². The number of benzene rings is 1. The van der Waals surface area contributed by atoms with Crippen LogP contribution in [0.3, 0.4) is 0 Å². The normalized spacial score (nSPS) is 11.0. The van der Waals surface area contributed by atoms with Crippen molar-refractivity contribution in [1.82, 2.24) is 19.7 Å². The second-order valence-electron chi connectivity index (χ2n) is 5.77. The maximum atomic E-state index is 12.3. The first kappa shape index (κ1) is 17.6. The van der Waals surface area contributed by atoms with Gasteiger partial charge < -0.3 is 9.40 Å². The highest BCUT2D eigenvalue weighted by molar-refractivity contribution is 7.99. The Morgan fingerprint density at radius 2 is 2.00 bits per heavy atom. The molecule has 1 aromatic carbocycles. The summed E-state index contributed by atoms with van der Waals surface area (Å²) in [6.07, 6.45) is 3.36. The van der Waals surface area contributed by atoms with Crippen molar-refractivity contribution in [3.8, 4) is 11.4 Å². The van der Waals surface area contributed by atoms with E-state index in [1.54, 1.807) is 24.6 Å². The van der Waals surface area contributed by atoms with Gasteiger partial charge >= 0.3 is 0 Å². The quantitative estimate of drug-likeness (QED) is 0.365. The first-order valence-corrected chi connectivity index (χ1v) is 9.58. The van der Waals surface area contributed by atoms with E-state index in [1.165, 1.54) is 11.8 Å². The second-order valence-corrected chi connectivity index (χ2v) is 7.15. The third-order valence-electron chi connectivity index (χ3n) is 3.94. The van der Waals surface area contributed by atoms with Crippen LogP contribution in [0.1, 0.15) is 16.2 Å². The molecule has 0 spiro atoms. The molecule has 3 aromatic heterocycles. The van der Waals surface area contributed by atoms with Crippen LogP contribution in [0, 0.1) is 0 Å². The van der Waals surface area contributed by atoms with Gasteiger partial charge in [-0.05, 0) is 48.5 Å². The molecule has 0 fully saturated rings. The molecule has 0 saturated heterocycles. The predicted molar refractivity (Wildman–Crippen MR) is 104 cm³/mol. The van der Waals surface area contributed by atoms with Crippen molar-refractivity contribution >= 4 is 29.1 Å². The molecule has 0 radical (unpaired) electrons. The molecule has 0 unspecified atom stereocenters. The van der Waals surface area contributed by atoms with E-state index in [4.69, 9.17) is 16.0 Å². The first-order valence-electron chi connectivity index (χ1n) is 8.21. The van der Waals surface area contributed by atoms with Gasteiger partial charge in [-0.1, -0.05) is 23.4 Å². The molecule has 0 amide bonds. The largest absolute Gasteiger partial charge is 0.467 e. The maximum Gasteiger partial charge on any atom is 0.192 e. The summed E-state index contributed by atoms with van der Waals surface area (Å²) in [5, 5.41) is 9.92. The fourth-order valence-electron chi connectivity index (χ4n) is 2.62. The van der Waals surface area contributed by atoms with Crippen molar-refractivity contribution in [2.45, 2.75) is 11.7 Å². The number of carbonyl (C=O) groups is 1. The molecule has 0 bridgehead atoms. The first-order chi connectivity index (χ1) is 13.2. The molecule has 4 rings (SSSR count). The predicted octanol–water partition coefficient (Wildman–Crippen LogP) is 4.54. The van der Waals surface area contributed by atoms with Crippen LogP contribution in [-0.2, 0) is 6.54 Å². The number of furan rings is 1. The number of ketones is 1. The highest BCUT2D eigenvalue weighted by Gasteiger charge is 2.17. The minimum absolute atomic E-state index is 0.00518. The Bertz CT molecular complexity index is 1020. The Hall–Kier alpha value is -2.77. The zero-order valence-electron chi connectivity index (χ0n) is 14.1. The number of aromatic nitrogens is 4. The molecule has 0 aliphatic carbocycles. The van der Waals surface area contributed by atoms with Crippen molar-refractivity contribution in [3.63, 3.8) is 0 Å². The number of halogens is 1.